The van der Waals surface area contributed by atoms with Gasteiger partial charge in [0.2, 0.25) is 0 Å². The molecule has 22 heavy (non-hydrogen) atoms. The van der Waals surface area contributed by atoms with Crippen molar-refractivity contribution in [1.82, 2.24) is 0 Å². The van der Waals surface area contributed by atoms with Crippen LogP contribution in [0.15, 0.2) is 66.7 Å². The van der Waals surface area contributed by atoms with E-state index < -0.39 is 0 Å². The van der Waals surface area contributed by atoms with Crippen LogP contribution in [0.1, 0.15) is 36.5 Å². The molecular formula is C22H20. The Kier molecular flexibility index (Phi) is 3.11. The van der Waals surface area contributed by atoms with Gasteiger partial charge in [-0.25, -0.2) is 0 Å². The highest BCUT2D eigenvalue weighted by molar-refractivity contribution is 5.89. The molecule has 1 aliphatic carbocycles. The fraction of sp³-hybridized carbons (Fsp3) is 0.182. The van der Waals surface area contributed by atoms with Crippen molar-refractivity contribution in [3.8, 4) is 22.3 Å². The molecule has 0 N–H and O–H groups in total. The van der Waals surface area contributed by atoms with Crippen LogP contribution in [0.25, 0.3) is 22.3 Å². The first-order valence-electron chi connectivity index (χ1n) is 8.11. The van der Waals surface area contributed by atoms with Crippen LogP contribution in [0.4, 0.5) is 0 Å². The molecule has 0 saturated heterocycles. The minimum atomic E-state index is 0.421. The molecule has 1 atom stereocenters. The summed E-state index contributed by atoms with van der Waals surface area (Å²) in [7, 11) is 0. The zero-order valence-electron chi connectivity index (χ0n) is 13.1. The Hall–Kier alpha value is -2.34. The van der Waals surface area contributed by atoms with E-state index in [1.165, 1.54) is 38.9 Å². The molecule has 0 heteroatoms. The molecule has 0 aliphatic heterocycles. The second-order valence-electron chi connectivity index (χ2n) is 6.13. The van der Waals surface area contributed by atoms with E-state index in [0.717, 1.165) is 6.42 Å². The SMILES string of the molecule is CCc1ccc2c(c1)[C@H](C)c1ccccc1-c1ccccc1-2. The maximum atomic E-state index is 2.40. The quantitative estimate of drug-likeness (QED) is 0.510. The third-order valence-electron chi connectivity index (χ3n) is 4.93. The monoisotopic (exact) mass is 284 g/mol. The van der Waals surface area contributed by atoms with Gasteiger partial charge >= 0.3 is 0 Å². The molecule has 0 amide bonds. The summed E-state index contributed by atoms with van der Waals surface area (Å²) in [6, 6.07) is 24.6. The van der Waals surface area contributed by atoms with Crippen molar-refractivity contribution in [2.75, 3.05) is 0 Å². The van der Waals surface area contributed by atoms with E-state index in [9.17, 15) is 0 Å². The van der Waals surface area contributed by atoms with Crippen molar-refractivity contribution < 1.29 is 0 Å². The fourth-order valence-corrected chi connectivity index (χ4v) is 3.68. The summed E-state index contributed by atoms with van der Waals surface area (Å²) >= 11 is 0. The number of hydrogen-bond donors (Lipinski definition) is 0. The molecule has 3 aromatic rings. The first-order valence-corrected chi connectivity index (χ1v) is 8.11. The largest absolute Gasteiger partial charge is 0.0619 e. The standard InChI is InChI=1S/C22H20/c1-3-16-12-13-21-20-11-7-6-10-19(20)18-9-5-4-8-17(18)15(2)22(21)14-16/h4-15H,3H2,1-2H3/t15-/m1/s1. The van der Waals surface area contributed by atoms with E-state index in [-0.39, 0.29) is 0 Å². The first kappa shape index (κ1) is 13.3. The number of benzene rings is 3. The lowest BCUT2D eigenvalue weighted by atomic mass is 9.87. The summed E-state index contributed by atoms with van der Waals surface area (Å²) in [5.74, 6) is 0.421. The van der Waals surface area contributed by atoms with Gasteiger partial charge < -0.3 is 0 Å². The van der Waals surface area contributed by atoms with E-state index in [1.807, 2.05) is 0 Å². The molecule has 0 unspecified atom stereocenters. The zero-order chi connectivity index (χ0) is 15.1. The topological polar surface area (TPSA) is 0 Å². The van der Waals surface area contributed by atoms with Crippen molar-refractivity contribution >= 4 is 0 Å². The minimum absolute atomic E-state index is 0.421. The first-order chi connectivity index (χ1) is 10.8. The molecule has 3 aromatic carbocycles. The highest BCUT2D eigenvalue weighted by Gasteiger charge is 2.23. The number of rotatable bonds is 1. The third-order valence-corrected chi connectivity index (χ3v) is 4.93. The van der Waals surface area contributed by atoms with Gasteiger partial charge in [0.15, 0.2) is 0 Å². The Labute approximate surface area is 132 Å². The Morgan fingerprint density at radius 3 is 1.95 bits per heavy atom. The molecule has 108 valence electrons. The molecule has 0 saturated carbocycles. The predicted octanol–water partition coefficient (Wildman–Crippen LogP) is 6.05. The smallest absolute Gasteiger partial charge is 0.00734 e. The summed E-state index contributed by atoms with van der Waals surface area (Å²) in [6.07, 6.45) is 1.09. The van der Waals surface area contributed by atoms with Crippen molar-refractivity contribution in [2.24, 2.45) is 0 Å². The molecule has 0 heterocycles. The van der Waals surface area contributed by atoms with Crippen molar-refractivity contribution in [3.63, 3.8) is 0 Å². The van der Waals surface area contributed by atoms with E-state index in [2.05, 4.69) is 80.6 Å². The average Bonchev–Trinajstić information content (AvgIpc) is 2.70. The van der Waals surface area contributed by atoms with E-state index >= 15 is 0 Å². The molecule has 4 rings (SSSR count). The molecule has 0 nitrogen and oxygen atoms in total. The molecule has 0 radical (unpaired) electrons. The van der Waals surface area contributed by atoms with E-state index in [4.69, 9.17) is 0 Å². The minimum Gasteiger partial charge on any atom is -0.0619 e. The van der Waals surface area contributed by atoms with Crippen LogP contribution in [-0.2, 0) is 6.42 Å². The maximum Gasteiger partial charge on any atom is 0.00734 e. The number of hydrogen-bond acceptors (Lipinski definition) is 0. The van der Waals surface area contributed by atoms with Gasteiger partial charge in [-0.15, -0.1) is 0 Å². The summed E-state index contributed by atoms with van der Waals surface area (Å²) < 4.78 is 0. The van der Waals surface area contributed by atoms with Gasteiger partial charge in [-0.1, -0.05) is 80.6 Å². The molecule has 1 aliphatic rings. The molecule has 0 fully saturated rings. The Morgan fingerprint density at radius 1 is 0.682 bits per heavy atom. The van der Waals surface area contributed by atoms with Gasteiger partial charge in [-0.2, -0.15) is 0 Å². The van der Waals surface area contributed by atoms with Crippen molar-refractivity contribution in [2.45, 2.75) is 26.2 Å². The van der Waals surface area contributed by atoms with Crippen LogP contribution < -0.4 is 0 Å². The van der Waals surface area contributed by atoms with Gasteiger partial charge in [0.1, 0.15) is 0 Å². The van der Waals surface area contributed by atoms with Crippen LogP contribution in [0, 0.1) is 0 Å². The van der Waals surface area contributed by atoms with E-state index in [1.54, 1.807) is 0 Å². The summed E-state index contributed by atoms with van der Waals surface area (Å²) in [5.41, 5.74) is 9.78. The Balaban J connectivity index is 2.11. The zero-order valence-corrected chi connectivity index (χ0v) is 13.1. The van der Waals surface area contributed by atoms with Gasteiger partial charge in [0.05, 0.1) is 0 Å². The lowest BCUT2D eigenvalue weighted by Crippen LogP contribution is -1.98. The number of fused-ring (bicyclic) bond motifs is 5. The highest BCUT2D eigenvalue weighted by Crippen LogP contribution is 2.45. The van der Waals surface area contributed by atoms with Crippen LogP contribution in [-0.4, -0.2) is 0 Å². The van der Waals surface area contributed by atoms with Gasteiger partial charge in [-0.3, -0.25) is 0 Å². The van der Waals surface area contributed by atoms with Gasteiger partial charge in [-0.05, 0) is 45.4 Å². The lowest BCUT2D eigenvalue weighted by Gasteiger charge is -2.16. The van der Waals surface area contributed by atoms with Crippen LogP contribution >= 0.6 is 0 Å². The molecular weight excluding hydrogens is 264 g/mol. The van der Waals surface area contributed by atoms with Crippen LogP contribution in [0.3, 0.4) is 0 Å². The maximum absolute atomic E-state index is 2.40. The van der Waals surface area contributed by atoms with Gasteiger partial charge in [0, 0.05) is 5.92 Å². The van der Waals surface area contributed by atoms with Gasteiger partial charge in [0.25, 0.3) is 0 Å². The fourth-order valence-electron chi connectivity index (χ4n) is 3.68. The lowest BCUT2D eigenvalue weighted by molar-refractivity contribution is 0.925. The summed E-state index contributed by atoms with van der Waals surface area (Å²) in [4.78, 5) is 0. The Morgan fingerprint density at radius 2 is 1.27 bits per heavy atom. The number of aryl methyl sites for hydroxylation is 1. The summed E-state index contributed by atoms with van der Waals surface area (Å²) in [6.45, 7) is 4.56. The summed E-state index contributed by atoms with van der Waals surface area (Å²) in [5, 5.41) is 0. The average molecular weight is 284 g/mol. The normalized spacial score (nSPS) is 15.5. The molecule has 0 aromatic heterocycles. The predicted molar refractivity (Wildman–Crippen MR) is 94.2 cm³/mol. The second kappa shape index (κ2) is 5.14. The second-order valence-corrected chi connectivity index (χ2v) is 6.13. The molecule has 0 spiro atoms. The van der Waals surface area contributed by atoms with Crippen LogP contribution in [0.2, 0.25) is 0 Å². The van der Waals surface area contributed by atoms with Crippen molar-refractivity contribution in [3.05, 3.63) is 83.4 Å². The van der Waals surface area contributed by atoms with E-state index in [0.29, 0.717) is 5.92 Å². The van der Waals surface area contributed by atoms with Crippen LogP contribution in [0.5, 0.6) is 0 Å². The molecule has 0 bridgehead atoms. The third kappa shape index (κ3) is 1.91. The Bertz CT molecular complexity index is 842. The highest BCUT2D eigenvalue weighted by atomic mass is 14.3. The van der Waals surface area contributed by atoms with Crippen molar-refractivity contribution in [1.29, 1.82) is 0 Å².